The number of hydrogen-bond donors (Lipinski definition) is 0. The number of nitrogens with zero attached hydrogens (tertiary/aromatic N) is 3. The van der Waals surface area contributed by atoms with E-state index < -0.39 is 23.7 Å². The molecule has 4 amide bonds. The molecule has 1 saturated heterocycles. The van der Waals surface area contributed by atoms with E-state index in [1.807, 2.05) is 6.07 Å². The van der Waals surface area contributed by atoms with Crippen LogP contribution >= 0.6 is 0 Å². The maximum absolute atomic E-state index is 13.3. The number of urea groups is 1. The molecular weight excluding hydrogens is 365 g/mol. The van der Waals surface area contributed by atoms with Crippen LogP contribution in [0.25, 0.3) is 11.5 Å². The monoisotopic (exact) mass is 379 g/mol. The van der Waals surface area contributed by atoms with E-state index in [2.05, 4.69) is 4.98 Å². The highest BCUT2D eigenvalue weighted by atomic mass is 19.1. The van der Waals surface area contributed by atoms with E-state index in [9.17, 15) is 18.8 Å². The second kappa shape index (κ2) is 7.07. The Labute approximate surface area is 159 Å². The van der Waals surface area contributed by atoms with Crippen LogP contribution in [0.2, 0.25) is 0 Å². The fourth-order valence-electron chi connectivity index (χ4n) is 2.89. The van der Waals surface area contributed by atoms with Gasteiger partial charge >= 0.3 is 17.8 Å². The number of amides is 4. The van der Waals surface area contributed by atoms with Gasteiger partial charge in [0.2, 0.25) is 5.89 Å². The van der Waals surface area contributed by atoms with Gasteiger partial charge in [0.15, 0.2) is 0 Å². The molecule has 4 rings (SSSR count). The predicted octanol–water partition coefficient (Wildman–Crippen LogP) is 2.97. The molecule has 28 heavy (non-hydrogen) atoms. The first-order valence-corrected chi connectivity index (χ1v) is 8.44. The van der Waals surface area contributed by atoms with Gasteiger partial charge in [-0.1, -0.05) is 36.4 Å². The molecule has 3 aromatic rings. The summed E-state index contributed by atoms with van der Waals surface area (Å²) in [6.07, 6.45) is 1.27. The molecule has 0 aliphatic carbocycles. The summed E-state index contributed by atoms with van der Waals surface area (Å²) in [7, 11) is 0. The van der Waals surface area contributed by atoms with Gasteiger partial charge in [0.1, 0.15) is 12.1 Å². The van der Waals surface area contributed by atoms with Crippen LogP contribution in [-0.2, 0) is 22.7 Å². The van der Waals surface area contributed by atoms with Gasteiger partial charge in [0.05, 0.1) is 18.8 Å². The first kappa shape index (κ1) is 17.6. The van der Waals surface area contributed by atoms with Gasteiger partial charge in [0.25, 0.3) is 0 Å². The van der Waals surface area contributed by atoms with Gasteiger partial charge in [-0.25, -0.2) is 19.1 Å². The van der Waals surface area contributed by atoms with Crippen LogP contribution in [-0.4, -0.2) is 32.6 Å². The summed E-state index contributed by atoms with van der Waals surface area (Å²) in [5, 5.41) is 0. The van der Waals surface area contributed by atoms with Gasteiger partial charge in [-0.3, -0.25) is 14.5 Å². The summed E-state index contributed by atoms with van der Waals surface area (Å²) < 4.78 is 18.7. The zero-order valence-corrected chi connectivity index (χ0v) is 14.5. The SMILES string of the molecule is O=C1C(=O)N(Cc2coc(-c3cccc(F)c3)n2)C(=O)N1Cc1ccccc1. The summed E-state index contributed by atoms with van der Waals surface area (Å²) in [4.78, 5) is 42.9. The Morgan fingerprint density at radius 3 is 2.32 bits per heavy atom. The molecule has 2 aromatic carbocycles. The molecule has 0 atom stereocenters. The molecule has 7 nitrogen and oxygen atoms in total. The Hall–Kier alpha value is -3.81. The van der Waals surface area contributed by atoms with E-state index in [0.717, 1.165) is 15.4 Å². The quantitative estimate of drug-likeness (QED) is 0.503. The summed E-state index contributed by atoms with van der Waals surface area (Å²) in [5.74, 6) is -2.09. The fraction of sp³-hybridized carbons (Fsp3) is 0.100. The fourth-order valence-corrected chi connectivity index (χ4v) is 2.89. The lowest BCUT2D eigenvalue weighted by molar-refractivity contribution is -0.143. The lowest BCUT2D eigenvalue weighted by Gasteiger charge is -2.14. The number of imide groups is 2. The highest BCUT2D eigenvalue weighted by Gasteiger charge is 2.44. The smallest absolute Gasteiger partial charge is 0.334 e. The minimum Gasteiger partial charge on any atom is -0.444 e. The summed E-state index contributed by atoms with van der Waals surface area (Å²) in [5.41, 5.74) is 1.43. The van der Waals surface area contributed by atoms with E-state index in [0.29, 0.717) is 5.56 Å². The van der Waals surface area contributed by atoms with Crippen molar-refractivity contribution in [3.8, 4) is 11.5 Å². The van der Waals surface area contributed by atoms with Crippen molar-refractivity contribution in [2.75, 3.05) is 0 Å². The van der Waals surface area contributed by atoms with Crippen molar-refractivity contribution >= 4 is 17.8 Å². The molecular formula is C20H14FN3O4. The second-order valence-corrected chi connectivity index (χ2v) is 6.21. The maximum Gasteiger partial charge on any atom is 0.334 e. The third-order valence-corrected chi connectivity index (χ3v) is 4.26. The minimum absolute atomic E-state index is 0.00804. The Kier molecular flexibility index (Phi) is 4.44. The van der Waals surface area contributed by atoms with E-state index in [1.54, 1.807) is 30.3 Å². The van der Waals surface area contributed by atoms with Gasteiger partial charge < -0.3 is 4.42 Å². The Morgan fingerprint density at radius 2 is 1.61 bits per heavy atom. The molecule has 0 radical (unpaired) electrons. The first-order valence-electron chi connectivity index (χ1n) is 8.44. The molecule has 0 N–H and O–H groups in total. The number of carbonyl (C=O) groups is 3. The number of aromatic nitrogens is 1. The highest BCUT2D eigenvalue weighted by molar-refractivity contribution is 6.44. The van der Waals surface area contributed by atoms with Crippen LogP contribution in [0.5, 0.6) is 0 Å². The van der Waals surface area contributed by atoms with Crippen molar-refractivity contribution in [1.29, 1.82) is 0 Å². The van der Waals surface area contributed by atoms with Gasteiger partial charge in [-0.15, -0.1) is 0 Å². The number of hydrogen-bond acceptors (Lipinski definition) is 5. The molecule has 0 bridgehead atoms. The van der Waals surface area contributed by atoms with Crippen LogP contribution in [0.15, 0.2) is 65.3 Å². The van der Waals surface area contributed by atoms with E-state index in [1.165, 1.54) is 24.5 Å². The molecule has 1 aliphatic heterocycles. The van der Waals surface area contributed by atoms with Crippen LogP contribution in [0.3, 0.4) is 0 Å². The molecule has 140 valence electrons. The lowest BCUT2D eigenvalue weighted by atomic mass is 10.2. The molecule has 1 aliphatic rings. The van der Waals surface area contributed by atoms with Gasteiger partial charge in [-0.05, 0) is 23.8 Å². The van der Waals surface area contributed by atoms with E-state index in [-0.39, 0.29) is 24.7 Å². The Balaban J connectivity index is 1.51. The third-order valence-electron chi connectivity index (χ3n) is 4.26. The first-order chi connectivity index (χ1) is 13.5. The highest BCUT2D eigenvalue weighted by Crippen LogP contribution is 2.22. The molecule has 0 saturated carbocycles. The minimum atomic E-state index is -0.920. The number of carbonyl (C=O) groups excluding carboxylic acids is 3. The van der Waals surface area contributed by atoms with Crippen molar-refractivity contribution in [2.45, 2.75) is 13.1 Å². The maximum atomic E-state index is 13.3. The molecule has 8 heteroatoms. The number of oxazole rings is 1. The average Bonchev–Trinajstić information content (AvgIpc) is 3.24. The molecule has 0 unspecified atom stereocenters. The van der Waals surface area contributed by atoms with Crippen molar-refractivity contribution < 1.29 is 23.2 Å². The van der Waals surface area contributed by atoms with Crippen LogP contribution in [0.1, 0.15) is 11.3 Å². The lowest BCUT2D eigenvalue weighted by Crippen LogP contribution is -2.32. The summed E-state index contributed by atoms with van der Waals surface area (Å²) in [6, 6.07) is 13.9. The summed E-state index contributed by atoms with van der Waals surface area (Å²) >= 11 is 0. The van der Waals surface area contributed by atoms with Crippen LogP contribution in [0.4, 0.5) is 9.18 Å². The normalized spacial score (nSPS) is 14.2. The number of rotatable bonds is 5. The Bertz CT molecular complexity index is 1060. The van der Waals surface area contributed by atoms with Crippen molar-refractivity contribution in [1.82, 2.24) is 14.8 Å². The topological polar surface area (TPSA) is 83.7 Å². The molecule has 0 spiro atoms. The van der Waals surface area contributed by atoms with Crippen molar-refractivity contribution in [3.05, 3.63) is 77.9 Å². The zero-order valence-electron chi connectivity index (χ0n) is 14.5. The van der Waals surface area contributed by atoms with E-state index >= 15 is 0 Å². The average molecular weight is 379 g/mol. The van der Waals surface area contributed by atoms with E-state index in [4.69, 9.17) is 4.42 Å². The van der Waals surface area contributed by atoms with Crippen LogP contribution < -0.4 is 0 Å². The van der Waals surface area contributed by atoms with Crippen molar-refractivity contribution in [2.24, 2.45) is 0 Å². The number of halogens is 1. The molecule has 1 fully saturated rings. The van der Waals surface area contributed by atoms with Crippen molar-refractivity contribution in [3.63, 3.8) is 0 Å². The molecule has 2 heterocycles. The zero-order chi connectivity index (χ0) is 19.7. The summed E-state index contributed by atoms with van der Waals surface area (Å²) in [6.45, 7) is -0.207. The number of benzene rings is 2. The van der Waals surface area contributed by atoms with Gasteiger partial charge in [0, 0.05) is 5.56 Å². The molecule has 1 aromatic heterocycles. The Morgan fingerprint density at radius 1 is 0.893 bits per heavy atom. The third kappa shape index (κ3) is 3.27. The standard InChI is InChI=1S/C20H14FN3O4/c21-15-8-4-7-14(9-15)17-22-16(12-28-17)11-24-19(26)18(25)23(20(24)27)10-13-5-2-1-3-6-13/h1-9,12H,10-11H2. The second-order valence-electron chi connectivity index (χ2n) is 6.21. The largest absolute Gasteiger partial charge is 0.444 e. The predicted molar refractivity (Wildman–Crippen MR) is 94.8 cm³/mol. The van der Waals surface area contributed by atoms with Crippen LogP contribution in [0, 0.1) is 5.82 Å². The van der Waals surface area contributed by atoms with Gasteiger partial charge in [-0.2, -0.15) is 0 Å².